The van der Waals surface area contributed by atoms with Crippen LogP contribution >= 0.6 is 0 Å². The van der Waals surface area contributed by atoms with Crippen molar-refractivity contribution >= 4 is 17.0 Å². The zero-order valence-electron chi connectivity index (χ0n) is 15.0. The lowest BCUT2D eigenvalue weighted by Gasteiger charge is -2.22. The van der Waals surface area contributed by atoms with Gasteiger partial charge in [-0.1, -0.05) is 35.5 Å². The van der Waals surface area contributed by atoms with E-state index in [1.807, 2.05) is 48.2 Å². The number of benzene rings is 1. The maximum atomic E-state index is 13.4. The Morgan fingerprint density at radius 3 is 2.81 bits per heavy atom. The van der Waals surface area contributed by atoms with Crippen molar-refractivity contribution in [1.82, 2.24) is 15.0 Å². The zero-order chi connectivity index (χ0) is 18.3. The number of carbonyl (C=O) groups is 1. The van der Waals surface area contributed by atoms with Crippen LogP contribution in [0.25, 0.3) is 22.4 Å². The molecule has 6 nitrogen and oxygen atoms in total. The molecule has 3 aromatic rings. The minimum Gasteiger partial charge on any atom is -0.336 e. The van der Waals surface area contributed by atoms with Gasteiger partial charge in [0.25, 0.3) is 11.6 Å². The van der Waals surface area contributed by atoms with Gasteiger partial charge in [0.15, 0.2) is 0 Å². The van der Waals surface area contributed by atoms with E-state index in [4.69, 9.17) is 10.3 Å². The number of nitrogens with two attached hydrogens (primary N) is 1. The quantitative estimate of drug-likeness (QED) is 0.785. The summed E-state index contributed by atoms with van der Waals surface area (Å²) in [6, 6.07) is 11.8. The van der Waals surface area contributed by atoms with E-state index in [1.165, 1.54) is 0 Å². The molecular weight excluding hydrogens is 328 g/mol. The summed E-state index contributed by atoms with van der Waals surface area (Å²) in [6.07, 6.45) is 0.935. The number of amides is 1. The molecule has 1 aromatic carbocycles. The Hall–Kier alpha value is -2.73. The first-order chi connectivity index (χ1) is 12.6. The zero-order valence-corrected chi connectivity index (χ0v) is 15.0. The van der Waals surface area contributed by atoms with Crippen LogP contribution in [0.4, 0.5) is 0 Å². The van der Waals surface area contributed by atoms with Gasteiger partial charge in [0.2, 0.25) is 0 Å². The fraction of sp³-hybridized carbons (Fsp3) is 0.350. The number of fused-ring (bicyclic) bond motifs is 1. The molecule has 2 atom stereocenters. The average molecular weight is 350 g/mol. The molecule has 0 radical (unpaired) electrons. The fourth-order valence-corrected chi connectivity index (χ4v) is 3.77. The Balaban J connectivity index is 1.83. The molecule has 1 aliphatic rings. The molecule has 0 aliphatic carbocycles. The first kappa shape index (κ1) is 16.7. The fourth-order valence-electron chi connectivity index (χ4n) is 3.77. The number of aromatic nitrogens is 2. The number of nitrogens with zero attached hydrogens (tertiary/aromatic N) is 3. The molecule has 1 amide bonds. The second kappa shape index (κ2) is 6.53. The summed E-state index contributed by atoms with van der Waals surface area (Å²) < 4.78 is 5.38. The van der Waals surface area contributed by atoms with Gasteiger partial charge in [-0.3, -0.25) is 4.79 Å². The van der Waals surface area contributed by atoms with Crippen LogP contribution in [-0.4, -0.2) is 40.1 Å². The van der Waals surface area contributed by atoms with Gasteiger partial charge in [0.05, 0.1) is 22.3 Å². The van der Waals surface area contributed by atoms with Crippen LogP contribution in [0.5, 0.6) is 0 Å². The smallest absolute Gasteiger partial charge is 0.259 e. The molecule has 0 bridgehead atoms. The Morgan fingerprint density at radius 2 is 2.12 bits per heavy atom. The third kappa shape index (κ3) is 2.76. The van der Waals surface area contributed by atoms with Crippen molar-refractivity contribution < 1.29 is 9.32 Å². The van der Waals surface area contributed by atoms with Gasteiger partial charge >= 0.3 is 0 Å². The van der Waals surface area contributed by atoms with E-state index in [-0.39, 0.29) is 11.9 Å². The predicted molar refractivity (Wildman–Crippen MR) is 99.6 cm³/mol. The normalized spacial score (nSPS) is 20.0. The first-order valence-electron chi connectivity index (χ1n) is 8.92. The number of likely N-dealkylation sites (tertiary alicyclic amines) is 1. The van der Waals surface area contributed by atoms with Gasteiger partial charge in [-0.25, -0.2) is 4.98 Å². The minimum atomic E-state index is -0.00988. The molecule has 3 heterocycles. The van der Waals surface area contributed by atoms with Gasteiger partial charge < -0.3 is 15.2 Å². The van der Waals surface area contributed by atoms with E-state index in [2.05, 4.69) is 17.1 Å². The van der Waals surface area contributed by atoms with Crippen LogP contribution in [0.15, 0.2) is 40.9 Å². The molecule has 2 N–H and O–H groups in total. The highest BCUT2D eigenvalue weighted by atomic mass is 16.5. The Morgan fingerprint density at radius 1 is 1.35 bits per heavy atom. The maximum Gasteiger partial charge on any atom is 0.259 e. The second-order valence-electron chi connectivity index (χ2n) is 7.01. The third-order valence-electron chi connectivity index (χ3n) is 5.17. The molecule has 26 heavy (non-hydrogen) atoms. The van der Waals surface area contributed by atoms with Gasteiger partial charge in [-0.05, 0) is 38.8 Å². The summed E-state index contributed by atoms with van der Waals surface area (Å²) in [5.41, 5.74) is 9.14. The highest BCUT2D eigenvalue weighted by molar-refractivity contribution is 6.07. The first-order valence-corrected chi connectivity index (χ1v) is 8.92. The van der Waals surface area contributed by atoms with E-state index >= 15 is 0 Å². The lowest BCUT2D eigenvalue weighted by Crippen LogP contribution is -2.34. The Labute approximate surface area is 152 Å². The Bertz CT molecular complexity index is 951. The molecule has 4 rings (SSSR count). The van der Waals surface area contributed by atoms with Crippen molar-refractivity contribution in [3.8, 4) is 11.3 Å². The lowest BCUT2D eigenvalue weighted by atomic mass is 10.0. The maximum absolute atomic E-state index is 13.4. The number of carbonyl (C=O) groups excluding carboxylic acids is 1. The van der Waals surface area contributed by atoms with Crippen LogP contribution < -0.4 is 5.73 Å². The minimum absolute atomic E-state index is 0.00988. The van der Waals surface area contributed by atoms with E-state index in [1.54, 1.807) is 0 Å². The number of aryl methyl sites for hydroxylation is 1. The van der Waals surface area contributed by atoms with E-state index in [0.29, 0.717) is 47.1 Å². The third-order valence-corrected chi connectivity index (χ3v) is 5.17. The molecule has 2 unspecified atom stereocenters. The van der Waals surface area contributed by atoms with Crippen molar-refractivity contribution in [3.63, 3.8) is 0 Å². The summed E-state index contributed by atoms with van der Waals surface area (Å²) in [6.45, 7) is 5.19. The molecule has 1 fully saturated rings. The highest BCUT2D eigenvalue weighted by Crippen LogP contribution is 2.30. The average Bonchev–Trinajstić information content (AvgIpc) is 3.24. The van der Waals surface area contributed by atoms with Crippen LogP contribution in [-0.2, 0) is 0 Å². The monoisotopic (exact) mass is 350 g/mol. The molecule has 0 saturated carbocycles. The lowest BCUT2D eigenvalue weighted by molar-refractivity contribution is 0.0745. The summed E-state index contributed by atoms with van der Waals surface area (Å²) in [5, 5.41) is 4.71. The van der Waals surface area contributed by atoms with Crippen molar-refractivity contribution in [2.24, 2.45) is 11.7 Å². The van der Waals surface area contributed by atoms with Crippen LogP contribution in [0.2, 0.25) is 0 Å². The van der Waals surface area contributed by atoms with Crippen LogP contribution in [0.1, 0.15) is 29.4 Å². The summed E-state index contributed by atoms with van der Waals surface area (Å²) in [7, 11) is 0. The summed E-state index contributed by atoms with van der Waals surface area (Å²) >= 11 is 0. The van der Waals surface area contributed by atoms with E-state index in [9.17, 15) is 4.79 Å². The van der Waals surface area contributed by atoms with E-state index in [0.717, 1.165) is 12.0 Å². The van der Waals surface area contributed by atoms with Crippen molar-refractivity contribution in [2.45, 2.75) is 26.3 Å². The summed E-state index contributed by atoms with van der Waals surface area (Å²) in [4.78, 5) is 19.8. The van der Waals surface area contributed by atoms with Crippen molar-refractivity contribution in [1.29, 1.82) is 0 Å². The molecule has 1 aliphatic heterocycles. The van der Waals surface area contributed by atoms with Crippen molar-refractivity contribution in [2.75, 3.05) is 13.1 Å². The Kier molecular flexibility index (Phi) is 4.20. The largest absolute Gasteiger partial charge is 0.336 e. The van der Waals surface area contributed by atoms with E-state index < -0.39 is 0 Å². The van der Waals surface area contributed by atoms with Crippen LogP contribution in [0, 0.1) is 12.8 Å². The number of hydrogen-bond donors (Lipinski definition) is 1. The van der Waals surface area contributed by atoms with Crippen LogP contribution in [0.3, 0.4) is 0 Å². The number of rotatable bonds is 3. The number of pyridine rings is 1. The molecule has 6 heteroatoms. The molecular formula is C20H22N4O2. The second-order valence-corrected chi connectivity index (χ2v) is 7.01. The predicted octanol–water partition coefficient (Wildman–Crippen LogP) is 3.01. The molecule has 134 valence electrons. The molecule has 0 spiro atoms. The van der Waals surface area contributed by atoms with Crippen molar-refractivity contribution in [3.05, 3.63) is 47.7 Å². The molecule has 2 aromatic heterocycles. The summed E-state index contributed by atoms with van der Waals surface area (Å²) in [5.74, 6) is 0.341. The standard InChI is InChI=1S/C20H22N4O2/c1-12-8-14(10-21)11-24(12)20(25)16-9-17(15-6-4-3-5-7-15)22-19-18(16)13(2)23-26-19/h3-7,9,12,14H,8,10-11,21H2,1-2H3. The highest BCUT2D eigenvalue weighted by Gasteiger charge is 2.33. The van der Waals surface area contributed by atoms with Gasteiger partial charge in [0.1, 0.15) is 0 Å². The van der Waals surface area contributed by atoms with Gasteiger partial charge in [-0.2, -0.15) is 0 Å². The number of hydrogen-bond acceptors (Lipinski definition) is 5. The van der Waals surface area contributed by atoms with Gasteiger partial charge in [0, 0.05) is 18.2 Å². The molecule has 1 saturated heterocycles. The topological polar surface area (TPSA) is 85.2 Å². The SMILES string of the molecule is Cc1noc2nc(-c3ccccc3)cc(C(=O)N3CC(CN)CC3C)c12. The van der Waals surface area contributed by atoms with Gasteiger partial charge in [-0.15, -0.1) is 0 Å².